The Hall–Kier alpha value is -4.03. The van der Waals surface area contributed by atoms with Gasteiger partial charge in [0.1, 0.15) is 0 Å². The number of anilines is 2. The number of aliphatic hydroxyl groups excluding tert-OH is 1. The number of para-hydroxylation sites is 2. The molecule has 3 aliphatic rings. The fourth-order valence-corrected chi connectivity index (χ4v) is 5.17. The van der Waals surface area contributed by atoms with E-state index in [0.29, 0.717) is 0 Å². The van der Waals surface area contributed by atoms with Gasteiger partial charge in [0, 0.05) is 11.9 Å². The van der Waals surface area contributed by atoms with Gasteiger partial charge in [-0.25, -0.2) is 4.98 Å². The van der Waals surface area contributed by atoms with Gasteiger partial charge in [-0.15, -0.1) is 0 Å². The Balaban J connectivity index is 1.61. The van der Waals surface area contributed by atoms with Crippen molar-refractivity contribution in [2.45, 2.75) is 51.7 Å². The Labute approximate surface area is 216 Å². The van der Waals surface area contributed by atoms with Crippen LogP contribution in [-0.4, -0.2) is 31.8 Å². The van der Waals surface area contributed by atoms with Gasteiger partial charge in [-0.05, 0) is 88.1 Å². The lowest BCUT2D eigenvalue weighted by atomic mass is 9.93. The number of nitrogens with zero attached hydrogens (tertiary/aromatic N) is 4. The SMILES string of the molecule is Cc1ccc(-n2c3c/c(=N\C4CCC(O)CC4)c(Nc4cccnc4C)cc-3nc3ccccc32)cc1. The lowest BCUT2D eigenvalue weighted by molar-refractivity contribution is 0.123. The first kappa shape index (κ1) is 23.4. The van der Waals surface area contributed by atoms with Gasteiger partial charge < -0.3 is 15.0 Å². The number of pyridine rings is 1. The van der Waals surface area contributed by atoms with Crippen molar-refractivity contribution in [2.24, 2.45) is 4.99 Å². The summed E-state index contributed by atoms with van der Waals surface area (Å²) in [4.78, 5) is 14.7. The van der Waals surface area contributed by atoms with Gasteiger partial charge in [-0.1, -0.05) is 29.8 Å². The number of aliphatic hydroxyl groups is 1. The van der Waals surface area contributed by atoms with Crippen LogP contribution in [0.25, 0.3) is 28.1 Å². The number of nitrogens with one attached hydrogen (secondary N) is 1. The first-order chi connectivity index (χ1) is 18.0. The van der Waals surface area contributed by atoms with Crippen LogP contribution >= 0.6 is 0 Å². The van der Waals surface area contributed by atoms with E-state index in [4.69, 9.17) is 9.98 Å². The normalized spacial score (nSPS) is 18.4. The standard InChI is InChI=1S/C31H31N5O/c1-20-9-13-23(14-10-20)36-30-8-4-3-6-26(30)35-29-18-27(34-25-7-5-17-32-21(25)2)28(19-31(29)36)33-22-11-15-24(37)16-12-22/h3-10,13-14,17-19,22,24,34,37H,11-12,15-16H2,1-2H3/b33-28+. The Morgan fingerprint density at radius 3 is 2.46 bits per heavy atom. The number of hydrogen-bond donors (Lipinski definition) is 2. The number of benzene rings is 3. The second-order valence-corrected chi connectivity index (χ2v) is 9.98. The maximum atomic E-state index is 10.0. The van der Waals surface area contributed by atoms with E-state index in [1.54, 1.807) is 6.20 Å². The van der Waals surface area contributed by atoms with Crippen molar-refractivity contribution in [1.82, 2.24) is 14.5 Å². The molecule has 2 N–H and O–H groups in total. The van der Waals surface area contributed by atoms with E-state index in [1.165, 1.54) is 5.56 Å². The molecule has 3 aromatic rings. The Morgan fingerprint density at radius 1 is 0.892 bits per heavy atom. The number of aromatic nitrogens is 3. The van der Waals surface area contributed by atoms with Crippen molar-refractivity contribution in [3.8, 4) is 17.1 Å². The zero-order valence-corrected chi connectivity index (χ0v) is 21.2. The summed E-state index contributed by atoms with van der Waals surface area (Å²) in [5, 5.41) is 14.5. The molecule has 0 atom stereocenters. The minimum absolute atomic E-state index is 0.178. The van der Waals surface area contributed by atoms with Crippen molar-refractivity contribution < 1.29 is 5.11 Å². The van der Waals surface area contributed by atoms with Crippen molar-refractivity contribution in [1.29, 1.82) is 0 Å². The molecular weight excluding hydrogens is 458 g/mol. The summed E-state index contributed by atoms with van der Waals surface area (Å²) in [6, 6.07) is 25.3. The summed E-state index contributed by atoms with van der Waals surface area (Å²) in [7, 11) is 0. The summed E-state index contributed by atoms with van der Waals surface area (Å²) in [5.41, 5.74) is 8.98. The molecule has 0 amide bonds. The van der Waals surface area contributed by atoms with Crippen LogP contribution in [0.2, 0.25) is 0 Å². The van der Waals surface area contributed by atoms with Crippen LogP contribution in [0.3, 0.4) is 0 Å². The van der Waals surface area contributed by atoms with Crippen molar-refractivity contribution in [2.75, 3.05) is 5.32 Å². The molecule has 6 rings (SSSR count). The molecule has 1 aromatic heterocycles. The molecule has 1 aliphatic heterocycles. The smallest absolute Gasteiger partial charge is 0.0900 e. The van der Waals surface area contributed by atoms with Gasteiger partial charge >= 0.3 is 0 Å². The maximum Gasteiger partial charge on any atom is 0.0900 e. The third-order valence-corrected chi connectivity index (χ3v) is 7.25. The topological polar surface area (TPSA) is 75.3 Å². The van der Waals surface area contributed by atoms with Crippen LogP contribution in [-0.2, 0) is 0 Å². The van der Waals surface area contributed by atoms with Crippen LogP contribution < -0.4 is 10.7 Å². The van der Waals surface area contributed by atoms with E-state index >= 15 is 0 Å². The van der Waals surface area contributed by atoms with Crippen LogP contribution in [0.1, 0.15) is 36.9 Å². The number of fused-ring (bicyclic) bond motifs is 2. The predicted molar refractivity (Wildman–Crippen MR) is 149 cm³/mol. The molecule has 0 saturated heterocycles. The zero-order chi connectivity index (χ0) is 25.4. The van der Waals surface area contributed by atoms with Crippen LogP contribution in [0.5, 0.6) is 0 Å². The van der Waals surface area contributed by atoms with Crippen molar-refractivity contribution in [3.63, 3.8) is 0 Å². The zero-order valence-electron chi connectivity index (χ0n) is 21.2. The van der Waals surface area contributed by atoms with E-state index in [1.807, 2.05) is 25.1 Å². The highest BCUT2D eigenvalue weighted by molar-refractivity contribution is 5.84. The largest absolute Gasteiger partial charge is 0.393 e. The summed E-state index contributed by atoms with van der Waals surface area (Å²) < 4.78 is 2.28. The molecule has 2 aromatic carbocycles. The highest BCUT2D eigenvalue weighted by Gasteiger charge is 2.20. The van der Waals surface area contributed by atoms with E-state index in [2.05, 4.69) is 76.4 Å². The van der Waals surface area contributed by atoms with Crippen LogP contribution in [0, 0.1) is 13.8 Å². The van der Waals surface area contributed by atoms with E-state index < -0.39 is 0 Å². The summed E-state index contributed by atoms with van der Waals surface area (Å²) >= 11 is 0. The molecule has 2 aliphatic carbocycles. The molecule has 6 nitrogen and oxygen atoms in total. The number of hydrogen-bond acceptors (Lipinski definition) is 5. The highest BCUT2D eigenvalue weighted by atomic mass is 16.3. The fourth-order valence-electron chi connectivity index (χ4n) is 5.17. The Kier molecular flexibility index (Phi) is 6.18. The lowest BCUT2D eigenvalue weighted by Crippen LogP contribution is -2.24. The van der Waals surface area contributed by atoms with Gasteiger partial charge in [0.05, 0.1) is 57.0 Å². The van der Waals surface area contributed by atoms with Crippen LogP contribution in [0.4, 0.5) is 11.4 Å². The molecule has 2 heterocycles. The van der Waals surface area contributed by atoms with Gasteiger partial charge in [-0.3, -0.25) is 9.98 Å². The molecule has 0 spiro atoms. The second kappa shape index (κ2) is 9.79. The summed E-state index contributed by atoms with van der Waals surface area (Å²) in [6.45, 7) is 4.10. The average molecular weight is 490 g/mol. The lowest BCUT2D eigenvalue weighted by Gasteiger charge is -2.23. The van der Waals surface area contributed by atoms with Crippen LogP contribution in [0.15, 0.2) is 84.0 Å². The summed E-state index contributed by atoms with van der Waals surface area (Å²) in [6.07, 6.45) is 4.95. The van der Waals surface area contributed by atoms with Crippen molar-refractivity contribution >= 4 is 22.4 Å². The van der Waals surface area contributed by atoms with E-state index in [-0.39, 0.29) is 12.1 Å². The average Bonchev–Trinajstić information content (AvgIpc) is 2.91. The fraction of sp³-hybridized carbons (Fsp3) is 0.258. The van der Waals surface area contributed by atoms with Gasteiger partial charge in [0.25, 0.3) is 0 Å². The van der Waals surface area contributed by atoms with Gasteiger partial charge in [0.15, 0.2) is 0 Å². The maximum absolute atomic E-state index is 10.0. The molecule has 0 bridgehead atoms. The summed E-state index contributed by atoms with van der Waals surface area (Å²) in [5.74, 6) is 0. The van der Waals surface area contributed by atoms with E-state index in [0.717, 1.165) is 76.2 Å². The van der Waals surface area contributed by atoms with E-state index in [9.17, 15) is 5.11 Å². The third kappa shape index (κ3) is 4.72. The number of rotatable bonds is 4. The van der Waals surface area contributed by atoms with Gasteiger partial charge in [-0.2, -0.15) is 0 Å². The van der Waals surface area contributed by atoms with Gasteiger partial charge in [0.2, 0.25) is 0 Å². The predicted octanol–water partition coefficient (Wildman–Crippen LogP) is 6.09. The first-order valence-corrected chi connectivity index (χ1v) is 13.0. The molecular formula is C31H31N5O. The molecule has 1 fully saturated rings. The Bertz CT molecular complexity index is 1600. The third-order valence-electron chi connectivity index (χ3n) is 7.25. The second-order valence-electron chi connectivity index (χ2n) is 9.98. The highest BCUT2D eigenvalue weighted by Crippen LogP contribution is 2.31. The number of aryl methyl sites for hydroxylation is 2. The minimum Gasteiger partial charge on any atom is -0.393 e. The molecule has 186 valence electrons. The molecule has 1 saturated carbocycles. The monoisotopic (exact) mass is 489 g/mol. The molecule has 37 heavy (non-hydrogen) atoms. The molecule has 6 heteroatoms. The minimum atomic E-state index is -0.210. The Morgan fingerprint density at radius 2 is 1.68 bits per heavy atom. The first-order valence-electron chi connectivity index (χ1n) is 13.0. The molecule has 0 unspecified atom stereocenters. The quantitative estimate of drug-likeness (QED) is 0.300. The molecule has 0 radical (unpaired) electrons. The van der Waals surface area contributed by atoms with Crippen molar-refractivity contribution in [3.05, 3.63) is 95.6 Å².